The number of amides is 1. The summed E-state index contributed by atoms with van der Waals surface area (Å²) in [5, 5.41) is 9.56. The molecule has 0 bridgehead atoms. The second kappa shape index (κ2) is 5.32. The first-order chi connectivity index (χ1) is 7.47. The van der Waals surface area contributed by atoms with Crippen LogP contribution in [0.3, 0.4) is 0 Å². The van der Waals surface area contributed by atoms with Gasteiger partial charge in [0.25, 0.3) is 5.91 Å². The number of aryl methyl sites for hydroxylation is 1. The van der Waals surface area contributed by atoms with Gasteiger partial charge in [0, 0.05) is 17.6 Å². The van der Waals surface area contributed by atoms with Crippen LogP contribution in [0.5, 0.6) is 0 Å². The fourth-order valence-corrected chi connectivity index (χ4v) is 1.43. The lowest BCUT2D eigenvalue weighted by Crippen LogP contribution is -2.37. The van der Waals surface area contributed by atoms with Gasteiger partial charge in [0.05, 0.1) is 12.6 Å². The minimum absolute atomic E-state index is 0.0537. The Kier molecular flexibility index (Phi) is 4.33. The predicted molar refractivity (Wildman–Crippen MR) is 64.8 cm³/mol. The molecule has 16 heavy (non-hydrogen) atoms. The average Bonchev–Trinajstić information content (AvgIpc) is 2.29. The van der Waals surface area contributed by atoms with E-state index in [2.05, 4.69) is 0 Å². The van der Waals surface area contributed by atoms with Crippen molar-refractivity contribution in [1.82, 2.24) is 4.90 Å². The van der Waals surface area contributed by atoms with Crippen molar-refractivity contribution in [3.63, 3.8) is 0 Å². The normalized spacial score (nSPS) is 12.3. The van der Waals surface area contributed by atoms with Gasteiger partial charge in [-0.25, -0.2) is 0 Å². The Hall–Kier alpha value is -1.06. The van der Waals surface area contributed by atoms with Gasteiger partial charge in [0.1, 0.15) is 0 Å². The Labute approximate surface area is 101 Å². The van der Waals surface area contributed by atoms with E-state index in [0.717, 1.165) is 5.56 Å². The van der Waals surface area contributed by atoms with Crippen molar-refractivity contribution in [3.8, 4) is 0 Å². The zero-order valence-electron chi connectivity index (χ0n) is 9.70. The summed E-state index contributed by atoms with van der Waals surface area (Å²) in [5.41, 5.74) is 1.48. The Morgan fingerprint density at radius 3 is 2.69 bits per heavy atom. The molecule has 0 aromatic heterocycles. The number of carbonyl (C=O) groups excluding carboxylic acids is 1. The molecule has 0 aliphatic carbocycles. The van der Waals surface area contributed by atoms with Crippen LogP contribution < -0.4 is 0 Å². The summed E-state index contributed by atoms with van der Waals surface area (Å²) in [6, 6.07) is 5.00. The molecular formula is C12H16ClNO2. The summed E-state index contributed by atoms with van der Waals surface area (Å²) in [6.07, 6.45) is 0. The van der Waals surface area contributed by atoms with E-state index in [1.165, 1.54) is 4.90 Å². The van der Waals surface area contributed by atoms with Crippen molar-refractivity contribution in [2.45, 2.75) is 19.9 Å². The number of halogens is 1. The Balaban J connectivity index is 2.92. The summed E-state index contributed by atoms with van der Waals surface area (Å²) in [7, 11) is 1.66. The Morgan fingerprint density at radius 2 is 2.19 bits per heavy atom. The minimum atomic E-state index is -0.201. The van der Waals surface area contributed by atoms with Crippen molar-refractivity contribution in [2.75, 3.05) is 13.7 Å². The first-order valence-corrected chi connectivity index (χ1v) is 5.49. The highest BCUT2D eigenvalue weighted by atomic mass is 35.5. The fraction of sp³-hybridized carbons (Fsp3) is 0.417. The zero-order valence-corrected chi connectivity index (χ0v) is 10.5. The number of hydrogen-bond acceptors (Lipinski definition) is 2. The molecule has 88 valence electrons. The summed E-state index contributed by atoms with van der Waals surface area (Å²) < 4.78 is 0. The molecule has 0 spiro atoms. The van der Waals surface area contributed by atoms with Crippen LogP contribution in [0.1, 0.15) is 22.8 Å². The van der Waals surface area contributed by atoms with Crippen LogP contribution in [0, 0.1) is 6.92 Å². The van der Waals surface area contributed by atoms with Crippen molar-refractivity contribution in [3.05, 3.63) is 34.3 Å². The van der Waals surface area contributed by atoms with E-state index in [1.54, 1.807) is 26.1 Å². The quantitative estimate of drug-likeness (QED) is 0.881. The van der Waals surface area contributed by atoms with E-state index in [4.69, 9.17) is 16.7 Å². The van der Waals surface area contributed by atoms with Gasteiger partial charge in [0.15, 0.2) is 0 Å². The van der Waals surface area contributed by atoms with E-state index in [1.807, 2.05) is 13.0 Å². The van der Waals surface area contributed by atoms with Gasteiger partial charge in [-0.3, -0.25) is 4.79 Å². The highest BCUT2D eigenvalue weighted by Crippen LogP contribution is 2.18. The van der Waals surface area contributed by atoms with Crippen molar-refractivity contribution >= 4 is 17.5 Å². The van der Waals surface area contributed by atoms with Crippen molar-refractivity contribution < 1.29 is 9.90 Å². The molecule has 4 heteroatoms. The third-order valence-electron chi connectivity index (χ3n) is 2.66. The lowest BCUT2D eigenvalue weighted by molar-refractivity contribution is 0.0682. The number of aliphatic hydroxyl groups excluding tert-OH is 1. The van der Waals surface area contributed by atoms with E-state index in [0.29, 0.717) is 10.6 Å². The highest BCUT2D eigenvalue weighted by Gasteiger charge is 2.17. The number of hydrogen-bond donors (Lipinski definition) is 1. The Bertz CT molecular complexity index is 393. The van der Waals surface area contributed by atoms with E-state index in [-0.39, 0.29) is 18.6 Å². The van der Waals surface area contributed by atoms with E-state index >= 15 is 0 Å². The van der Waals surface area contributed by atoms with Crippen LogP contribution in [-0.4, -0.2) is 35.6 Å². The van der Waals surface area contributed by atoms with Crippen LogP contribution in [-0.2, 0) is 0 Å². The molecule has 1 amide bonds. The number of rotatable bonds is 3. The van der Waals surface area contributed by atoms with Crippen LogP contribution in [0.2, 0.25) is 5.02 Å². The molecular weight excluding hydrogens is 226 g/mol. The van der Waals surface area contributed by atoms with E-state index < -0.39 is 0 Å². The maximum atomic E-state index is 12.0. The molecule has 1 aromatic carbocycles. The van der Waals surface area contributed by atoms with Gasteiger partial charge in [-0.05, 0) is 31.5 Å². The van der Waals surface area contributed by atoms with Crippen LogP contribution in [0.25, 0.3) is 0 Å². The maximum Gasteiger partial charge on any atom is 0.253 e. The fourth-order valence-electron chi connectivity index (χ4n) is 1.25. The maximum absolute atomic E-state index is 12.0. The van der Waals surface area contributed by atoms with Gasteiger partial charge in [-0.1, -0.05) is 17.7 Å². The third kappa shape index (κ3) is 2.74. The summed E-state index contributed by atoms with van der Waals surface area (Å²) in [5.74, 6) is -0.136. The molecule has 0 saturated heterocycles. The van der Waals surface area contributed by atoms with Gasteiger partial charge in [-0.15, -0.1) is 0 Å². The molecule has 1 rings (SSSR count). The molecule has 0 fully saturated rings. The Morgan fingerprint density at radius 1 is 1.56 bits per heavy atom. The number of likely N-dealkylation sites (N-methyl/N-ethyl adjacent to an activating group) is 1. The second-order valence-corrected chi connectivity index (χ2v) is 4.32. The number of benzene rings is 1. The van der Waals surface area contributed by atoms with Crippen LogP contribution >= 0.6 is 11.6 Å². The molecule has 0 heterocycles. The third-order valence-corrected chi connectivity index (χ3v) is 3.07. The molecule has 1 unspecified atom stereocenters. The minimum Gasteiger partial charge on any atom is -0.394 e. The first kappa shape index (κ1) is 13.0. The zero-order chi connectivity index (χ0) is 12.3. The van der Waals surface area contributed by atoms with Gasteiger partial charge in [-0.2, -0.15) is 0 Å². The topological polar surface area (TPSA) is 40.5 Å². The molecule has 1 aromatic rings. The van der Waals surface area contributed by atoms with Gasteiger partial charge in [0.2, 0.25) is 0 Å². The largest absolute Gasteiger partial charge is 0.394 e. The average molecular weight is 242 g/mol. The van der Waals surface area contributed by atoms with Crippen molar-refractivity contribution in [2.24, 2.45) is 0 Å². The highest BCUT2D eigenvalue weighted by molar-refractivity contribution is 6.31. The number of aliphatic hydroxyl groups is 1. The number of nitrogens with zero attached hydrogens (tertiary/aromatic N) is 1. The van der Waals surface area contributed by atoms with Gasteiger partial charge >= 0.3 is 0 Å². The molecule has 0 aliphatic heterocycles. The smallest absolute Gasteiger partial charge is 0.253 e. The lowest BCUT2D eigenvalue weighted by Gasteiger charge is -2.23. The van der Waals surface area contributed by atoms with Crippen LogP contribution in [0.15, 0.2) is 18.2 Å². The monoisotopic (exact) mass is 241 g/mol. The van der Waals surface area contributed by atoms with Gasteiger partial charge < -0.3 is 10.0 Å². The molecule has 3 nitrogen and oxygen atoms in total. The summed E-state index contributed by atoms with van der Waals surface area (Å²) >= 11 is 5.96. The summed E-state index contributed by atoms with van der Waals surface area (Å²) in [6.45, 7) is 3.62. The van der Waals surface area contributed by atoms with Crippen LogP contribution in [0.4, 0.5) is 0 Å². The second-order valence-electron chi connectivity index (χ2n) is 3.91. The summed E-state index contributed by atoms with van der Waals surface area (Å²) in [4.78, 5) is 13.5. The van der Waals surface area contributed by atoms with E-state index in [9.17, 15) is 4.79 Å². The molecule has 1 atom stereocenters. The molecule has 0 aliphatic rings. The first-order valence-electron chi connectivity index (χ1n) is 5.11. The lowest BCUT2D eigenvalue weighted by atomic mass is 10.1. The molecule has 0 saturated carbocycles. The standard InChI is InChI=1S/C12H16ClNO2/c1-8-4-5-10(6-11(8)13)12(16)14(3)9(2)7-15/h4-6,9,15H,7H2,1-3H3. The SMILES string of the molecule is Cc1ccc(C(=O)N(C)C(C)CO)cc1Cl. The molecule has 1 N–H and O–H groups in total. The molecule has 0 radical (unpaired) electrons. The number of carbonyl (C=O) groups is 1. The predicted octanol–water partition coefficient (Wildman–Crippen LogP) is 2.10. The van der Waals surface area contributed by atoms with Crippen molar-refractivity contribution in [1.29, 1.82) is 0 Å².